The molecule has 0 saturated carbocycles. The van der Waals surface area contributed by atoms with E-state index in [-0.39, 0.29) is 0 Å². The van der Waals surface area contributed by atoms with E-state index in [0.29, 0.717) is 6.04 Å². The van der Waals surface area contributed by atoms with Gasteiger partial charge in [-0.25, -0.2) is 4.98 Å². The van der Waals surface area contributed by atoms with Crippen LogP contribution in [-0.4, -0.2) is 16.1 Å². The minimum Gasteiger partial charge on any atom is -0.353 e. The molecular formula is C17H25N3S. The van der Waals surface area contributed by atoms with Crippen molar-refractivity contribution in [1.82, 2.24) is 14.9 Å². The number of thiazole rings is 1. The molecule has 1 N–H and O–H groups in total. The van der Waals surface area contributed by atoms with Gasteiger partial charge in [-0.3, -0.25) is 0 Å². The molecule has 0 radical (unpaired) electrons. The number of hydrogen-bond donors (Lipinski definition) is 1. The molecule has 2 aromatic rings. The fraction of sp³-hybridized carbons (Fsp3) is 0.588. The Labute approximate surface area is 131 Å². The van der Waals surface area contributed by atoms with Gasteiger partial charge in [0.25, 0.3) is 0 Å². The maximum atomic E-state index is 4.34. The SMILES string of the molecule is CCCNC1CCCc2cn(CCc3scnc3C)cc21. The van der Waals surface area contributed by atoms with Crippen molar-refractivity contribution in [2.24, 2.45) is 0 Å². The molecule has 0 aliphatic heterocycles. The Morgan fingerprint density at radius 2 is 2.33 bits per heavy atom. The predicted octanol–water partition coefficient (Wildman–Crippen LogP) is 3.87. The van der Waals surface area contributed by atoms with Crippen LogP contribution in [0.4, 0.5) is 0 Å². The number of aryl methyl sites for hydroxylation is 4. The molecule has 0 amide bonds. The Kier molecular flexibility index (Phi) is 4.76. The monoisotopic (exact) mass is 303 g/mol. The average Bonchev–Trinajstić information content (AvgIpc) is 3.08. The molecule has 3 rings (SSSR count). The molecule has 114 valence electrons. The summed E-state index contributed by atoms with van der Waals surface area (Å²) in [6.45, 7) is 6.53. The Balaban J connectivity index is 1.68. The molecule has 3 nitrogen and oxygen atoms in total. The highest BCUT2D eigenvalue weighted by molar-refractivity contribution is 7.09. The lowest BCUT2D eigenvalue weighted by Crippen LogP contribution is -2.24. The van der Waals surface area contributed by atoms with Gasteiger partial charge in [-0.2, -0.15) is 0 Å². The molecule has 0 fully saturated rings. The first kappa shape index (κ1) is 14.8. The molecule has 21 heavy (non-hydrogen) atoms. The summed E-state index contributed by atoms with van der Waals surface area (Å²) < 4.78 is 2.38. The van der Waals surface area contributed by atoms with Crippen LogP contribution < -0.4 is 5.32 Å². The summed E-state index contributed by atoms with van der Waals surface area (Å²) in [6.07, 6.45) is 10.9. The van der Waals surface area contributed by atoms with Gasteiger partial charge in [0.15, 0.2) is 0 Å². The topological polar surface area (TPSA) is 29.9 Å². The van der Waals surface area contributed by atoms with Crippen molar-refractivity contribution in [2.45, 2.75) is 58.5 Å². The van der Waals surface area contributed by atoms with E-state index in [0.717, 1.165) is 19.5 Å². The van der Waals surface area contributed by atoms with Crippen LogP contribution in [0.3, 0.4) is 0 Å². The van der Waals surface area contributed by atoms with Crippen molar-refractivity contribution in [3.63, 3.8) is 0 Å². The lowest BCUT2D eigenvalue weighted by Gasteiger charge is -2.23. The molecule has 4 heteroatoms. The average molecular weight is 303 g/mol. The van der Waals surface area contributed by atoms with Crippen molar-refractivity contribution >= 4 is 11.3 Å². The predicted molar refractivity (Wildman–Crippen MR) is 89.0 cm³/mol. The maximum absolute atomic E-state index is 4.34. The second-order valence-electron chi connectivity index (χ2n) is 5.99. The summed E-state index contributed by atoms with van der Waals surface area (Å²) in [4.78, 5) is 5.76. The van der Waals surface area contributed by atoms with Gasteiger partial charge in [-0.1, -0.05) is 6.92 Å². The van der Waals surface area contributed by atoms with Gasteiger partial charge in [-0.05, 0) is 50.3 Å². The van der Waals surface area contributed by atoms with Gasteiger partial charge >= 0.3 is 0 Å². The van der Waals surface area contributed by atoms with Crippen LogP contribution >= 0.6 is 11.3 Å². The van der Waals surface area contributed by atoms with Crippen molar-refractivity contribution in [3.05, 3.63) is 39.6 Å². The fourth-order valence-electron chi connectivity index (χ4n) is 3.20. The maximum Gasteiger partial charge on any atom is 0.0797 e. The first-order chi connectivity index (χ1) is 10.3. The largest absolute Gasteiger partial charge is 0.353 e. The number of rotatable bonds is 6. The molecular weight excluding hydrogens is 278 g/mol. The first-order valence-corrected chi connectivity index (χ1v) is 8.96. The highest BCUT2D eigenvalue weighted by atomic mass is 32.1. The standard InChI is InChI=1S/C17H25N3S/c1-3-8-18-16-6-4-5-14-10-20(11-15(14)16)9-7-17-13(2)19-12-21-17/h10-12,16,18H,3-9H2,1-2H3. The van der Waals surface area contributed by atoms with E-state index >= 15 is 0 Å². The number of aromatic nitrogens is 2. The highest BCUT2D eigenvalue weighted by Gasteiger charge is 2.21. The summed E-state index contributed by atoms with van der Waals surface area (Å²) in [5.74, 6) is 0. The lowest BCUT2D eigenvalue weighted by molar-refractivity contribution is 0.462. The first-order valence-electron chi connectivity index (χ1n) is 8.08. The van der Waals surface area contributed by atoms with E-state index in [1.54, 1.807) is 16.9 Å². The minimum atomic E-state index is 0.570. The molecule has 1 aliphatic carbocycles. The molecule has 2 aromatic heterocycles. The molecule has 1 aliphatic rings. The summed E-state index contributed by atoms with van der Waals surface area (Å²) in [7, 11) is 0. The molecule has 1 unspecified atom stereocenters. The van der Waals surface area contributed by atoms with Crippen LogP contribution in [0.5, 0.6) is 0 Å². The number of nitrogens with one attached hydrogen (secondary N) is 1. The number of nitrogens with zero attached hydrogens (tertiary/aromatic N) is 2. The molecule has 0 aromatic carbocycles. The van der Waals surface area contributed by atoms with E-state index in [1.807, 2.05) is 5.51 Å². The summed E-state index contributed by atoms with van der Waals surface area (Å²) in [6, 6.07) is 0.570. The van der Waals surface area contributed by atoms with Crippen LogP contribution in [0.2, 0.25) is 0 Å². The smallest absolute Gasteiger partial charge is 0.0797 e. The zero-order chi connectivity index (χ0) is 14.7. The molecule has 1 atom stereocenters. The van der Waals surface area contributed by atoms with Crippen LogP contribution in [0.1, 0.15) is 53.9 Å². The second-order valence-corrected chi connectivity index (χ2v) is 6.93. The van der Waals surface area contributed by atoms with Gasteiger partial charge in [0.05, 0.1) is 11.2 Å². The Morgan fingerprint density at radius 1 is 1.43 bits per heavy atom. The number of fused-ring (bicyclic) bond motifs is 1. The Bertz CT molecular complexity index is 585. The third kappa shape index (κ3) is 3.38. The molecule has 0 saturated heterocycles. The summed E-state index contributed by atoms with van der Waals surface area (Å²) >= 11 is 1.78. The molecule has 0 bridgehead atoms. The lowest BCUT2D eigenvalue weighted by atomic mass is 9.91. The second kappa shape index (κ2) is 6.75. The van der Waals surface area contributed by atoms with Gasteiger partial charge in [-0.15, -0.1) is 11.3 Å². The Hall–Kier alpha value is -1.13. The van der Waals surface area contributed by atoms with Gasteiger partial charge in [0.2, 0.25) is 0 Å². The van der Waals surface area contributed by atoms with E-state index in [4.69, 9.17) is 0 Å². The summed E-state index contributed by atoms with van der Waals surface area (Å²) in [5, 5.41) is 3.70. The van der Waals surface area contributed by atoms with E-state index in [1.165, 1.54) is 41.8 Å². The zero-order valence-electron chi connectivity index (χ0n) is 13.1. The molecule has 0 spiro atoms. The third-order valence-electron chi connectivity index (χ3n) is 4.39. The van der Waals surface area contributed by atoms with E-state index < -0.39 is 0 Å². The molecule has 2 heterocycles. The van der Waals surface area contributed by atoms with Gasteiger partial charge in [0, 0.05) is 36.3 Å². The van der Waals surface area contributed by atoms with E-state index in [2.05, 4.69) is 41.1 Å². The van der Waals surface area contributed by atoms with Crippen molar-refractivity contribution < 1.29 is 0 Å². The third-order valence-corrected chi connectivity index (χ3v) is 5.39. The van der Waals surface area contributed by atoms with Gasteiger partial charge < -0.3 is 9.88 Å². The van der Waals surface area contributed by atoms with E-state index in [9.17, 15) is 0 Å². The minimum absolute atomic E-state index is 0.570. The zero-order valence-corrected chi connectivity index (χ0v) is 13.9. The van der Waals surface area contributed by atoms with Crippen LogP contribution in [0.25, 0.3) is 0 Å². The summed E-state index contributed by atoms with van der Waals surface area (Å²) in [5.41, 5.74) is 6.24. The van der Waals surface area contributed by atoms with Crippen molar-refractivity contribution in [1.29, 1.82) is 0 Å². The highest BCUT2D eigenvalue weighted by Crippen LogP contribution is 2.30. The van der Waals surface area contributed by atoms with Crippen LogP contribution in [0.15, 0.2) is 17.9 Å². The number of hydrogen-bond acceptors (Lipinski definition) is 3. The van der Waals surface area contributed by atoms with Crippen molar-refractivity contribution in [2.75, 3.05) is 6.54 Å². The normalized spacial score (nSPS) is 17.9. The Morgan fingerprint density at radius 3 is 3.10 bits per heavy atom. The fourth-order valence-corrected chi connectivity index (χ4v) is 3.98. The van der Waals surface area contributed by atoms with Crippen LogP contribution in [0, 0.1) is 6.92 Å². The van der Waals surface area contributed by atoms with Crippen LogP contribution in [-0.2, 0) is 19.4 Å². The van der Waals surface area contributed by atoms with Gasteiger partial charge in [0.1, 0.15) is 0 Å². The quantitative estimate of drug-likeness (QED) is 0.878. The van der Waals surface area contributed by atoms with Crippen molar-refractivity contribution in [3.8, 4) is 0 Å².